The molecule has 1 nitrogen and oxygen atoms in total. The summed E-state index contributed by atoms with van der Waals surface area (Å²) in [4.78, 5) is 12.6. The number of carbonyl (C=O) groups is 1. The van der Waals surface area contributed by atoms with Gasteiger partial charge in [-0.3, -0.25) is 4.79 Å². The highest BCUT2D eigenvalue weighted by molar-refractivity contribution is 9.10. The van der Waals surface area contributed by atoms with Crippen molar-refractivity contribution in [2.45, 2.75) is 27.2 Å². The molecule has 0 N–H and O–H groups in total. The smallest absolute Gasteiger partial charge is 0.169 e. The predicted octanol–water partition coefficient (Wildman–Crippen LogP) is 5.22. The van der Waals surface area contributed by atoms with E-state index in [0.717, 1.165) is 27.2 Å². The molecule has 0 saturated carbocycles. The molecule has 0 saturated heterocycles. The summed E-state index contributed by atoms with van der Waals surface area (Å²) in [6.45, 7) is 6.07. The van der Waals surface area contributed by atoms with Crippen molar-refractivity contribution in [1.82, 2.24) is 0 Å². The van der Waals surface area contributed by atoms with Gasteiger partial charge in [-0.25, -0.2) is 0 Å². The maximum atomic E-state index is 12.6. The molecule has 0 aromatic heterocycles. The Kier molecular flexibility index (Phi) is 3.58. The zero-order valence-corrected chi connectivity index (χ0v) is 12.5. The second-order valence-corrected chi connectivity index (χ2v) is 6.06. The molecule has 0 aliphatic rings. The van der Waals surface area contributed by atoms with Crippen LogP contribution in [-0.2, 0) is 0 Å². The van der Waals surface area contributed by atoms with E-state index >= 15 is 0 Å². The number of rotatable bonds is 3. The van der Waals surface area contributed by atoms with E-state index < -0.39 is 0 Å². The van der Waals surface area contributed by atoms with Crippen molar-refractivity contribution in [3.8, 4) is 0 Å². The molecule has 0 aliphatic carbocycles. The molecule has 2 aromatic carbocycles. The summed E-state index contributed by atoms with van der Waals surface area (Å²) in [5, 5.41) is 2.12. The third-order valence-corrected chi connectivity index (χ3v) is 4.31. The molecule has 2 heteroatoms. The molecule has 0 amide bonds. The summed E-state index contributed by atoms with van der Waals surface area (Å²) in [6.07, 6.45) is 0.843. The molecule has 0 fully saturated rings. The van der Waals surface area contributed by atoms with E-state index in [-0.39, 0.29) is 11.2 Å². The quantitative estimate of drug-likeness (QED) is 0.710. The van der Waals surface area contributed by atoms with Crippen LogP contribution in [0.4, 0.5) is 0 Å². The van der Waals surface area contributed by atoms with E-state index in [1.807, 2.05) is 50.2 Å². The molecule has 0 heterocycles. The molecule has 0 unspecified atom stereocenters. The van der Waals surface area contributed by atoms with E-state index in [2.05, 4.69) is 22.9 Å². The number of Topliss-reactive ketones (excluding diaryl/α,β-unsaturated/α-hetero) is 1. The van der Waals surface area contributed by atoms with Gasteiger partial charge in [0.2, 0.25) is 0 Å². The van der Waals surface area contributed by atoms with Crippen molar-refractivity contribution in [3.63, 3.8) is 0 Å². The van der Waals surface area contributed by atoms with Crippen LogP contribution in [0, 0.1) is 5.41 Å². The molecule has 2 aromatic rings. The summed E-state index contributed by atoms with van der Waals surface area (Å²) in [7, 11) is 0. The number of carbonyl (C=O) groups excluding carboxylic acids is 1. The number of fused-ring (bicyclic) bond motifs is 1. The number of ketones is 1. The van der Waals surface area contributed by atoms with Crippen LogP contribution in [-0.4, -0.2) is 5.78 Å². The van der Waals surface area contributed by atoms with E-state index in [1.54, 1.807) is 0 Å². The van der Waals surface area contributed by atoms with Gasteiger partial charge in [0.15, 0.2) is 5.78 Å². The summed E-state index contributed by atoms with van der Waals surface area (Å²) < 4.78 is 1.03. The average molecular weight is 305 g/mol. The van der Waals surface area contributed by atoms with Crippen LogP contribution in [0.15, 0.2) is 40.9 Å². The van der Waals surface area contributed by atoms with Crippen molar-refractivity contribution in [2.24, 2.45) is 5.41 Å². The monoisotopic (exact) mass is 304 g/mol. The van der Waals surface area contributed by atoms with Gasteiger partial charge in [0.25, 0.3) is 0 Å². The lowest BCUT2D eigenvalue weighted by Gasteiger charge is -2.22. The summed E-state index contributed by atoms with van der Waals surface area (Å²) >= 11 is 3.54. The van der Waals surface area contributed by atoms with Gasteiger partial charge < -0.3 is 0 Å². The molecule has 18 heavy (non-hydrogen) atoms. The highest BCUT2D eigenvalue weighted by atomic mass is 79.9. The average Bonchev–Trinajstić information content (AvgIpc) is 2.39. The Balaban J connectivity index is 2.66. The fourth-order valence-corrected chi connectivity index (χ4v) is 2.46. The maximum Gasteiger partial charge on any atom is 0.169 e. The molecule has 0 aliphatic heterocycles. The summed E-state index contributed by atoms with van der Waals surface area (Å²) in [5.74, 6) is 0.216. The lowest BCUT2D eigenvalue weighted by molar-refractivity contribution is 0.0835. The van der Waals surface area contributed by atoms with Crippen LogP contribution in [0.25, 0.3) is 10.8 Å². The minimum atomic E-state index is -0.309. The largest absolute Gasteiger partial charge is 0.294 e. The highest BCUT2D eigenvalue weighted by Crippen LogP contribution is 2.32. The minimum absolute atomic E-state index is 0.216. The molecule has 0 atom stereocenters. The van der Waals surface area contributed by atoms with Crippen molar-refractivity contribution < 1.29 is 4.79 Å². The maximum absolute atomic E-state index is 12.6. The van der Waals surface area contributed by atoms with Crippen LogP contribution >= 0.6 is 15.9 Å². The Morgan fingerprint density at radius 1 is 1.11 bits per heavy atom. The standard InChI is InChI=1S/C16H17BrO/c1-4-16(2,3)15(18)13-9-10-14(17)12-8-6-5-7-11(12)13/h5-10H,4H2,1-3H3. The molecule has 0 radical (unpaired) electrons. The van der Waals surface area contributed by atoms with Gasteiger partial charge >= 0.3 is 0 Å². The van der Waals surface area contributed by atoms with Crippen molar-refractivity contribution in [2.75, 3.05) is 0 Å². The fourth-order valence-electron chi connectivity index (χ4n) is 1.99. The van der Waals surface area contributed by atoms with Gasteiger partial charge in [-0.15, -0.1) is 0 Å². The minimum Gasteiger partial charge on any atom is -0.294 e. The van der Waals surface area contributed by atoms with E-state index in [1.165, 1.54) is 0 Å². The van der Waals surface area contributed by atoms with Crippen LogP contribution in [0.2, 0.25) is 0 Å². The lowest BCUT2D eigenvalue weighted by Crippen LogP contribution is -2.23. The van der Waals surface area contributed by atoms with Gasteiger partial charge in [-0.2, -0.15) is 0 Å². The van der Waals surface area contributed by atoms with Gasteiger partial charge in [0.1, 0.15) is 0 Å². The first-order valence-corrected chi connectivity index (χ1v) is 6.98. The summed E-state index contributed by atoms with van der Waals surface area (Å²) in [5.41, 5.74) is 0.511. The predicted molar refractivity (Wildman–Crippen MR) is 80.1 cm³/mol. The second-order valence-electron chi connectivity index (χ2n) is 5.21. The second kappa shape index (κ2) is 4.85. The molecular formula is C16H17BrO. The molecule has 0 spiro atoms. The SMILES string of the molecule is CCC(C)(C)C(=O)c1ccc(Br)c2ccccc12. The Bertz CT molecular complexity index is 599. The zero-order chi connectivity index (χ0) is 13.3. The van der Waals surface area contributed by atoms with Crippen LogP contribution in [0.1, 0.15) is 37.6 Å². The van der Waals surface area contributed by atoms with E-state index in [9.17, 15) is 4.79 Å². The third kappa shape index (κ3) is 2.22. The third-order valence-electron chi connectivity index (χ3n) is 3.61. The van der Waals surface area contributed by atoms with Gasteiger partial charge in [0, 0.05) is 15.5 Å². The van der Waals surface area contributed by atoms with E-state index in [0.29, 0.717) is 0 Å². The molecular weight excluding hydrogens is 288 g/mol. The van der Waals surface area contributed by atoms with Crippen molar-refractivity contribution in [1.29, 1.82) is 0 Å². The van der Waals surface area contributed by atoms with Crippen molar-refractivity contribution in [3.05, 3.63) is 46.4 Å². The lowest BCUT2D eigenvalue weighted by atomic mass is 9.81. The first kappa shape index (κ1) is 13.3. The topological polar surface area (TPSA) is 17.1 Å². The van der Waals surface area contributed by atoms with Crippen LogP contribution in [0.5, 0.6) is 0 Å². The molecule has 94 valence electrons. The van der Waals surface area contributed by atoms with Gasteiger partial charge in [-0.05, 0) is 29.3 Å². The first-order valence-electron chi connectivity index (χ1n) is 6.19. The summed E-state index contributed by atoms with van der Waals surface area (Å²) in [6, 6.07) is 11.9. The van der Waals surface area contributed by atoms with Crippen molar-refractivity contribution >= 4 is 32.5 Å². The highest BCUT2D eigenvalue weighted by Gasteiger charge is 2.27. The van der Waals surface area contributed by atoms with Gasteiger partial charge in [-0.1, -0.05) is 61.0 Å². The molecule has 0 bridgehead atoms. The number of halogens is 1. The van der Waals surface area contributed by atoms with Gasteiger partial charge in [0.05, 0.1) is 0 Å². The number of benzene rings is 2. The van der Waals surface area contributed by atoms with E-state index in [4.69, 9.17) is 0 Å². The number of hydrogen-bond donors (Lipinski definition) is 0. The normalized spacial score (nSPS) is 11.8. The Morgan fingerprint density at radius 3 is 2.33 bits per heavy atom. The zero-order valence-electron chi connectivity index (χ0n) is 11.0. The Labute approximate surface area is 116 Å². The molecule has 2 rings (SSSR count). The first-order chi connectivity index (χ1) is 8.47. The Morgan fingerprint density at radius 2 is 1.72 bits per heavy atom. The Hall–Kier alpha value is -1.15. The number of hydrogen-bond acceptors (Lipinski definition) is 1. The van der Waals surface area contributed by atoms with Crippen LogP contribution < -0.4 is 0 Å². The van der Waals surface area contributed by atoms with Crippen LogP contribution in [0.3, 0.4) is 0 Å². The fraction of sp³-hybridized carbons (Fsp3) is 0.312.